The Hall–Kier alpha value is -2.33. The van der Waals surface area contributed by atoms with Crippen molar-refractivity contribution in [3.8, 4) is 0 Å². The van der Waals surface area contributed by atoms with Crippen molar-refractivity contribution in [1.82, 2.24) is 0 Å². The minimum atomic E-state index is -0.111. The normalized spacial score (nSPS) is 17.7. The largest absolute Gasteiger partial charge is 0.487 e. The molecule has 0 radical (unpaired) electrons. The lowest BCUT2D eigenvalue weighted by atomic mass is 9.76. The van der Waals surface area contributed by atoms with E-state index in [9.17, 15) is 4.79 Å². The molecule has 1 aromatic carbocycles. The van der Waals surface area contributed by atoms with Crippen molar-refractivity contribution in [1.29, 1.82) is 0 Å². The summed E-state index contributed by atoms with van der Waals surface area (Å²) in [5.41, 5.74) is 2.75. The summed E-state index contributed by atoms with van der Waals surface area (Å²) in [4.78, 5) is 12.4. The number of aliphatic hydroxyl groups excluding tert-OH is 1. The number of fused-ring (bicyclic) bond motifs is 1. The summed E-state index contributed by atoms with van der Waals surface area (Å²) in [7, 11) is 0. The van der Waals surface area contributed by atoms with E-state index in [0.717, 1.165) is 34.3 Å². The van der Waals surface area contributed by atoms with Crippen LogP contribution in [0.4, 0.5) is 0 Å². The van der Waals surface area contributed by atoms with Crippen molar-refractivity contribution in [3.05, 3.63) is 53.0 Å². The van der Waals surface area contributed by atoms with Crippen LogP contribution in [0.5, 0.6) is 0 Å². The molecule has 0 saturated carbocycles. The quantitative estimate of drug-likeness (QED) is 0.876. The number of Topliss-reactive ketones (excluding diaryl/α,β-unsaturated/α-hetero) is 1. The van der Waals surface area contributed by atoms with Gasteiger partial charge in [-0.1, -0.05) is 32.1 Å². The topological polar surface area (TPSA) is 59.7 Å². The Morgan fingerprint density at radius 2 is 2.04 bits per heavy atom. The Bertz CT molecular complexity index is 852. The van der Waals surface area contributed by atoms with Crippen LogP contribution in [0.15, 0.2) is 46.1 Å². The molecule has 0 saturated heterocycles. The lowest BCUT2D eigenvalue weighted by Crippen LogP contribution is -2.27. The van der Waals surface area contributed by atoms with Gasteiger partial charge in [-0.05, 0) is 48.1 Å². The highest BCUT2D eigenvalue weighted by atomic mass is 16.5. The molecular formula is C21H24O4. The third kappa shape index (κ3) is 4.02. The zero-order valence-electron chi connectivity index (χ0n) is 15.0. The molecule has 4 heteroatoms. The van der Waals surface area contributed by atoms with Gasteiger partial charge in [-0.25, -0.2) is 0 Å². The van der Waals surface area contributed by atoms with Crippen LogP contribution < -0.4 is 0 Å². The molecule has 0 aliphatic heterocycles. The minimum Gasteiger partial charge on any atom is -0.487 e. The zero-order chi connectivity index (χ0) is 18.0. The fraction of sp³-hybridized carbons (Fsp3) is 0.381. The molecule has 0 bridgehead atoms. The second-order valence-electron chi connectivity index (χ2n) is 7.39. The summed E-state index contributed by atoms with van der Waals surface area (Å²) in [6.07, 6.45) is 4.97. The highest BCUT2D eigenvalue weighted by molar-refractivity contribution is 5.96. The van der Waals surface area contributed by atoms with Crippen LogP contribution in [0.25, 0.3) is 17.0 Å². The van der Waals surface area contributed by atoms with E-state index >= 15 is 0 Å². The first-order chi connectivity index (χ1) is 11.9. The van der Waals surface area contributed by atoms with E-state index in [4.69, 9.17) is 14.3 Å². The lowest BCUT2D eigenvalue weighted by molar-refractivity contribution is -0.121. The number of rotatable bonds is 5. The van der Waals surface area contributed by atoms with Gasteiger partial charge in [-0.2, -0.15) is 0 Å². The molecule has 0 spiro atoms. The number of hydrogen-bond acceptors (Lipinski definition) is 4. The summed E-state index contributed by atoms with van der Waals surface area (Å²) < 4.78 is 11.4. The number of carbonyl (C=O) groups excluding carboxylic acids is 1. The fourth-order valence-electron chi connectivity index (χ4n) is 3.23. The number of benzene rings is 1. The molecule has 3 rings (SSSR count). The Morgan fingerprint density at radius 3 is 2.80 bits per heavy atom. The molecule has 0 fully saturated rings. The van der Waals surface area contributed by atoms with Crippen molar-refractivity contribution in [2.45, 2.75) is 33.6 Å². The van der Waals surface area contributed by atoms with Gasteiger partial charge in [0, 0.05) is 11.8 Å². The third-order valence-electron chi connectivity index (χ3n) is 4.33. The molecule has 1 N–H and O–H groups in total. The van der Waals surface area contributed by atoms with Gasteiger partial charge in [-0.15, -0.1) is 0 Å². The van der Waals surface area contributed by atoms with Gasteiger partial charge in [0.05, 0.1) is 6.61 Å². The van der Waals surface area contributed by atoms with E-state index in [1.54, 1.807) is 0 Å². The standard InChI is InChI=1S/C21H24O4/c1-14-4-5-15-11-17(25-19(15)10-14)7-6-16-12-21(2,3)13-18(23)20(16)24-9-8-22/h4-7,10-11,22H,8-9,12-13H2,1-3H3/b7-6+. The Kier molecular flexibility index (Phi) is 4.82. The maximum atomic E-state index is 12.4. The van der Waals surface area contributed by atoms with Crippen LogP contribution in [-0.2, 0) is 9.53 Å². The van der Waals surface area contributed by atoms with E-state index in [0.29, 0.717) is 12.2 Å². The SMILES string of the molecule is Cc1ccc2cc(/C=C/C3=C(OCCO)C(=O)CC(C)(C)C3)oc2c1. The first-order valence-corrected chi connectivity index (χ1v) is 8.56. The van der Waals surface area contributed by atoms with Crippen molar-refractivity contribution in [3.63, 3.8) is 0 Å². The van der Waals surface area contributed by atoms with E-state index < -0.39 is 0 Å². The molecule has 1 heterocycles. The molecule has 1 aliphatic rings. The molecule has 0 atom stereocenters. The lowest BCUT2D eigenvalue weighted by Gasteiger charge is -2.30. The van der Waals surface area contributed by atoms with Crippen LogP contribution in [0, 0.1) is 12.3 Å². The second-order valence-corrected chi connectivity index (χ2v) is 7.39. The van der Waals surface area contributed by atoms with Crippen LogP contribution in [0.3, 0.4) is 0 Å². The van der Waals surface area contributed by atoms with Gasteiger partial charge in [0.15, 0.2) is 11.5 Å². The molecule has 4 nitrogen and oxygen atoms in total. The summed E-state index contributed by atoms with van der Waals surface area (Å²) >= 11 is 0. The molecule has 1 aromatic heterocycles. The Balaban J connectivity index is 1.92. The van der Waals surface area contributed by atoms with Crippen molar-refractivity contribution in [2.75, 3.05) is 13.2 Å². The number of furan rings is 1. The molecule has 2 aromatic rings. The van der Waals surface area contributed by atoms with Crippen LogP contribution in [0.2, 0.25) is 0 Å². The average molecular weight is 340 g/mol. The Labute approximate surface area is 147 Å². The van der Waals surface area contributed by atoms with Crippen LogP contribution in [0.1, 0.15) is 38.0 Å². The van der Waals surface area contributed by atoms with E-state index in [1.807, 2.05) is 37.3 Å². The third-order valence-corrected chi connectivity index (χ3v) is 4.33. The first kappa shape index (κ1) is 17.5. The highest BCUT2D eigenvalue weighted by Crippen LogP contribution is 2.38. The molecular weight excluding hydrogens is 316 g/mol. The smallest absolute Gasteiger partial charge is 0.198 e. The predicted octanol–water partition coefficient (Wildman–Crippen LogP) is 4.41. The summed E-state index contributed by atoms with van der Waals surface area (Å²) in [5, 5.41) is 10.0. The Morgan fingerprint density at radius 1 is 1.24 bits per heavy atom. The molecule has 1 aliphatic carbocycles. The number of ether oxygens (including phenoxy) is 1. The minimum absolute atomic E-state index is 0.00965. The van der Waals surface area contributed by atoms with Gasteiger partial charge >= 0.3 is 0 Å². The fourth-order valence-corrected chi connectivity index (χ4v) is 3.23. The van der Waals surface area contributed by atoms with Gasteiger partial charge in [0.2, 0.25) is 0 Å². The van der Waals surface area contributed by atoms with Crippen LogP contribution in [-0.4, -0.2) is 24.1 Å². The summed E-state index contributed by atoms with van der Waals surface area (Å²) in [6.45, 7) is 6.20. The van der Waals surface area contributed by atoms with Crippen molar-refractivity contribution in [2.24, 2.45) is 5.41 Å². The maximum Gasteiger partial charge on any atom is 0.198 e. The number of aryl methyl sites for hydroxylation is 1. The molecule has 25 heavy (non-hydrogen) atoms. The van der Waals surface area contributed by atoms with E-state index in [2.05, 4.69) is 19.9 Å². The monoisotopic (exact) mass is 340 g/mol. The molecule has 0 amide bonds. The van der Waals surface area contributed by atoms with Gasteiger partial charge in [-0.3, -0.25) is 4.79 Å². The number of aliphatic hydroxyl groups is 1. The number of carbonyl (C=O) groups is 1. The summed E-state index contributed by atoms with van der Waals surface area (Å²) in [5.74, 6) is 1.10. The molecule has 132 valence electrons. The predicted molar refractivity (Wildman–Crippen MR) is 98.1 cm³/mol. The maximum absolute atomic E-state index is 12.4. The second kappa shape index (κ2) is 6.89. The van der Waals surface area contributed by atoms with E-state index in [-0.39, 0.29) is 24.4 Å². The van der Waals surface area contributed by atoms with Gasteiger partial charge < -0.3 is 14.3 Å². The van der Waals surface area contributed by atoms with Crippen LogP contribution >= 0.6 is 0 Å². The average Bonchev–Trinajstić information content (AvgIpc) is 2.93. The van der Waals surface area contributed by atoms with Gasteiger partial charge in [0.1, 0.15) is 18.0 Å². The number of allylic oxidation sites excluding steroid dienone is 3. The van der Waals surface area contributed by atoms with E-state index in [1.165, 1.54) is 0 Å². The van der Waals surface area contributed by atoms with Crippen molar-refractivity contribution < 1.29 is 19.1 Å². The zero-order valence-corrected chi connectivity index (χ0v) is 15.0. The first-order valence-electron chi connectivity index (χ1n) is 8.56. The number of hydrogen-bond donors (Lipinski definition) is 1. The number of ketones is 1. The van der Waals surface area contributed by atoms with Crippen molar-refractivity contribution >= 4 is 22.8 Å². The van der Waals surface area contributed by atoms with Gasteiger partial charge in [0.25, 0.3) is 0 Å². The highest BCUT2D eigenvalue weighted by Gasteiger charge is 2.33. The molecule has 0 unspecified atom stereocenters. The summed E-state index contributed by atoms with van der Waals surface area (Å²) in [6, 6.07) is 8.08.